The van der Waals surface area contributed by atoms with Gasteiger partial charge in [0.1, 0.15) is 13.2 Å². The first-order valence-electron chi connectivity index (χ1n) is 30.9. The van der Waals surface area contributed by atoms with E-state index in [1.54, 1.807) is 0 Å². The summed E-state index contributed by atoms with van der Waals surface area (Å²) in [5.41, 5.74) is 0. The molecule has 2 atom stereocenters. The van der Waals surface area contributed by atoms with Gasteiger partial charge in [0, 0.05) is 12.8 Å². The summed E-state index contributed by atoms with van der Waals surface area (Å²) in [4.78, 5) is 37.4. The van der Waals surface area contributed by atoms with Gasteiger partial charge in [-0.15, -0.1) is 0 Å². The fourth-order valence-electron chi connectivity index (χ4n) is 9.25. The largest absolute Gasteiger partial charge is 0.477 e. The molecular weight excluding hydrogens is 887 g/mol. The first kappa shape index (κ1) is 69.0. The lowest BCUT2D eigenvalue weighted by Crippen LogP contribution is -2.40. The third-order valence-corrected chi connectivity index (χ3v) is 14.0. The van der Waals surface area contributed by atoms with Crippen LogP contribution in [-0.4, -0.2) is 87.4 Å². The molecule has 0 rings (SSSR count). The Bertz CT molecular complexity index is 1170. The second kappa shape index (κ2) is 54.3. The Labute approximate surface area is 440 Å². The maximum Gasteiger partial charge on any atom is 0.361 e. The molecule has 2 unspecified atom stereocenters. The lowest BCUT2D eigenvalue weighted by molar-refractivity contribution is -0.870. The number of aliphatic carboxylic acids is 1. The number of carboxylic acids is 1. The number of carbonyl (C=O) groups is 3. The van der Waals surface area contributed by atoms with Crippen LogP contribution in [0.2, 0.25) is 0 Å². The van der Waals surface area contributed by atoms with E-state index < -0.39 is 18.4 Å². The topological polar surface area (TPSA) is 108 Å². The van der Waals surface area contributed by atoms with Crippen molar-refractivity contribution in [2.45, 2.75) is 322 Å². The molecule has 0 spiro atoms. The van der Waals surface area contributed by atoms with Crippen molar-refractivity contribution in [3.63, 3.8) is 0 Å². The zero-order chi connectivity index (χ0) is 52.0. The summed E-state index contributed by atoms with van der Waals surface area (Å²) in [7, 11) is 5.98. The Hall–Kier alpha value is -1.97. The van der Waals surface area contributed by atoms with Gasteiger partial charge in [-0.2, -0.15) is 0 Å². The lowest BCUT2D eigenvalue weighted by Gasteiger charge is -2.25. The average molecular weight is 1010 g/mol. The molecule has 9 nitrogen and oxygen atoms in total. The van der Waals surface area contributed by atoms with Gasteiger partial charge in [0.05, 0.1) is 34.4 Å². The molecule has 0 aromatic rings. The van der Waals surface area contributed by atoms with Crippen molar-refractivity contribution in [3.05, 3.63) is 12.2 Å². The van der Waals surface area contributed by atoms with E-state index in [0.717, 1.165) is 38.5 Å². The fraction of sp³-hybridized carbons (Fsp3) is 0.919. The zero-order valence-electron chi connectivity index (χ0n) is 47.9. The Kier molecular flexibility index (Phi) is 52.8. The summed E-state index contributed by atoms with van der Waals surface area (Å²) in [6.45, 7) is 4.93. The van der Waals surface area contributed by atoms with Crippen LogP contribution in [-0.2, 0) is 33.3 Å². The number of esters is 2. The number of allylic oxidation sites excluding steroid dienone is 2. The van der Waals surface area contributed by atoms with E-state index in [-0.39, 0.29) is 38.2 Å². The molecule has 0 saturated heterocycles. The van der Waals surface area contributed by atoms with E-state index in [0.29, 0.717) is 17.4 Å². The highest BCUT2D eigenvalue weighted by atomic mass is 16.7. The minimum atomic E-state index is -1.50. The summed E-state index contributed by atoms with van der Waals surface area (Å²) in [6, 6.07) is 0. The first-order valence-corrected chi connectivity index (χ1v) is 30.9. The van der Waals surface area contributed by atoms with Crippen molar-refractivity contribution in [2.75, 3.05) is 47.5 Å². The Morgan fingerprint density at radius 1 is 0.408 bits per heavy atom. The molecule has 0 bridgehead atoms. The number of hydrogen-bond acceptors (Lipinski definition) is 7. The molecule has 0 aliphatic heterocycles. The number of hydrogen-bond donors (Lipinski definition) is 1. The maximum absolute atomic E-state index is 12.9. The van der Waals surface area contributed by atoms with Gasteiger partial charge in [-0.05, 0) is 38.5 Å². The number of rotatable bonds is 58. The highest BCUT2D eigenvalue weighted by molar-refractivity contribution is 5.71. The fourth-order valence-corrected chi connectivity index (χ4v) is 9.25. The molecule has 0 aliphatic carbocycles. The number of ether oxygens (including phenoxy) is 4. The number of likely N-dealkylation sites (N-methyl/N-ethyl adjacent to an activating group) is 1. The standard InChI is InChI=1S/C62H119NO8/c1-6-8-10-12-14-16-18-20-21-22-23-24-25-26-27-28-29-30-31-32-33-34-35-36-37-38-39-41-43-45-47-49-51-53-60(65)71-58(57-70-62(61(66)67)68-55-54-63(3,4)5)56-69-59(64)52-50-48-46-44-42-40-19-17-15-13-11-9-7-2/h22-23,58,62H,6-21,24-57H2,1-5H3/p+1/b23-22-. The van der Waals surface area contributed by atoms with Crippen LogP contribution in [0, 0.1) is 0 Å². The van der Waals surface area contributed by atoms with Crippen LogP contribution in [0.4, 0.5) is 0 Å². The predicted octanol–water partition coefficient (Wildman–Crippen LogP) is 18.1. The lowest BCUT2D eigenvalue weighted by atomic mass is 10.0. The average Bonchev–Trinajstić information content (AvgIpc) is 3.34. The second-order valence-corrected chi connectivity index (χ2v) is 22.4. The van der Waals surface area contributed by atoms with Crippen molar-refractivity contribution < 1.29 is 42.9 Å². The number of nitrogens with zero attached hydrogens (tertiary/aromatic N) is 1. The molecule has 0 aromatic heterocycles. The van der Waals surface area contributed by atoms with Gasteiger partial charge >= 0.3 is 17.9 Å². The van der Waals surface area contributed by atoms with Crippen LogP contribution in [0.5, 0.6) is 0 Å². The van der Waals surface area contributed by atoms with Gasteiger partial charge < -0.3 is 28.5 Å². The zero-order valence-corrected chi connectivity index (χ0v) is 47.9. The van der Waals surface area contributed by atoms with Gasteiger partial charge in [0.25, 0.3) is 6.29 Å². The molecule has 9 heteroatoms. The Morgan fingerprint density at radius 3 is 1.04 bits per heavy atom. The van der Waals surface area contributed by atoms with Crippen LogP contribution in [0.25, 0.3) is 0 Å². The summed E-state index contributed by atoms with van der Waals surface area (Å²) < 4.78 is 22.9. The van der Waals surface area contributed by atoms with Crippen molar-refractivity contribution in [1.29, 1.82) is 0 Å². The van der Waals surface area contributed by atoms with E-state index >= 15 is 0 Å². The molecule has 0 saturated carbocycles. The molecule has 0 heterocycles. The van der Waals surface area contributed by atoms with Crippen LogP contribution >= 0.6 is 0 Å². The number of carboxylic acid groups (broad SMARTS) is 1. The monoisotopic (exact) mass is 1010 g/mol. The molecule has 0 radical (unpaired) electrons. The van der Waals surface area contributed by atoms with Crippen LogP contribution in [0.1, 0.15) is 309 Å². The van der Waals surface area contributed by atoms with Crippen LogP contribution in [0.15, 0.2) is 12.2 Å². The Morgan fingerprint density at radius 2 is 0.718 bits per heavy atom. The summed E-state index contributed by atoms with van der Waals surface area (Å²) >= 11 is 0. The molecule has 0 aromatic carbocycles. The van der Waals surface area contributed by atoms with Gasteiger partial charge in [-0.3, -0.25) is 9.59 Å². The molecule has 71 heavy (non-hydrogen) atoms. The van der Waals surface area contributed by atoms with Gasteiger partial charge in [0.2, 0.25) is 0 Å². The highest BCUT2D eigenvalue weighted by Gasteiger charge is 2.25. The number of unbranched alkanes of at least 4 members (excludes halogenated alkanes) is 41. The molecule has 420 valence electrons. The molecule has 0 amide bonds. The Balaban J connectivity index is 4.00. The quantitative estimate of drug-likeness (QED) is 0.0211. The van der Waals surface area contributed by atoms with Crippen molar-refractivity contribution >= 4 is 17.9 Å². The van der Waals surface area contributed by atoms with Crippen molar-refractivity contribution in [1.82, 2.24) is 0 Å². The minimum absolute atomic E-state index is 0.174. The molecule has 0 fully saturated rings. The van der Waals surface area contributed by atoms with E-state index in [4.69, 9.17) is 18.9 Å². The SMILES string of the molecule is CCCCCCCCCC/C=C\CCCCCCCCCCCCCCCCCCCCCCCC(=O)OC(COC(=O)CCCCCCCCCCCCCCC)COC(OCC[N+](C)(C)C)C(=O)O. The van der Waals surface area contributed by atoms with Gasteiger partial charge in [0.15, 0.2) is 6.10 Å². The maximum atomic E-state index is 12.9. The minimum Gasteiger partial charge on any atom is -0.477 e. The van der Waals surface area contributed by atoms with Crippen LogP contribution < -0.4 is 0 Å². The molecular formula is C62H120NO8+. The van der Waals surface area contributed by atoms with Gasteiger partial charge in [-0.25, -0.2) is 4.79 Å². The summed E-state index contributed by atoms with van der Waals surface area (Å²) in [5.74, 6) is -1.98. The van der Waals surface area contributed by atoms with Gasteiger partial charge in [-0.1, -0.05) is 270 Å². The smallest absolute Gasteiger partial charge is 0.361 e. The second-order valence-electron chi connectivity index (χ2n) is 22.4. The van der Waals surface area contributed by atoms with E-state index in [1.165, 1.54) is 244 Å². The van der Waals surface area contributed by atoms with Crippen molar-refractivity contribution in [3.8, 4) is 0 Å². The summed E-state index contributed by atoms with van der Waals surface area (Å²) in [5, 5.41) is 9.69. The number of quaternary nitrogens is 1. The molecule has 0 aliphatic rings. The van der Waals surface area contributed by atoms with E-state index in [9.17, 15) is 19.5 Å². The third kappa shape index (κ3) is 55.6. The summed E-state index contributed by atoms with van der Waals surface area (Å²) in [6.07, 6.45) is 60.3. The van der Waals surface area contributed by atoms with E-state index in [2.05, 4.69) is 26.0 Å². The van der Waals surface area contributed by atoms with Crippen LogP contribution in [0.3, 0.4) is 0 Å². The van der Waals surface area contributed by atoms with E-state index in [1.807, 2.05) is 21.1 Å². The predicted molar refractivity (Wildman–Crippen MR) is 300 cm³/mol. The third-order valence-electron chi connectivity index (χ3n) is 14.0. The number of carbonyl (C=O) groups excluding carboxylic acids is 2. The van der Waals surface area contributed by atoms with Crippen molar-refractivity contribution in [2.24, 2.45) is 0 Å². The highest BCUT2D eigenvalue weighted by Crippen LogP contribution is 2.18. The molecule has 1 N–H and O–H groups in total. The normalized spacial score (nSPS) is 12.7. The first-order chi connectivity index (χ1) is 34.6.